The molecule has 0 saturated carbocycles. The van der Waals surface area contributed by atoms with Crippen LogP contribution in [0.2, 0.25) is 0 Å². The number of fused-ring (bicyclic) bond motifs is 1. The normalized spacial score (nSPS) is 21.2. The average molecular weight is 319 g/mol. The molecule has 1 aliphatic rings. The second-order valence-corrected chi connectivity index (χ2v) is 6.56. The van der Waals surface area contributed by atoms with E-state index in [1.807, 2.05) is 35.0 Å². The largest absolute Gasteiger partial charge is 0.294 e. The van der Waals surface area contributed by atoms with Gasteiger partial charge in [0.25, 0.3) is 0 Å². The maximum atomic E-state index is 12.2. The molecule has 3 rings (SSSR count). The van der Waals surface area contributed by atoms with Gasteiger partial charge in [0.1, 0.15) is 0 Å². The van der Waals surface area contributed by atoms with Crippen molar-refractivity contribution >= 4 is 21.7 Å². The molecule has 0 saturated heterocycles. The fourth-order valence-corrected chi connectivity index (χ4v) is 3.16. The van der Waals surface area contributed by atoms with Gasteiger partial charge in [-0.05, 0) is 17.5 Å². The summed E-state index contributed by atoms with van der Waals surface area (Å²) in [6.07, 6.45) is 2.24. The number of Topliss-reactive ketones (excluding diaryl/α,β-unsaturated/α-hetero) is 1. The van der Waals surface area contributed by atoms with Gasteiger partial charge in [-0.1, -0.05) is 48.0 Å². The lowest BCUT2D eigenvalue weighted by Crippen LogP contribution is -2.30. The van der Waals surface area contributed by atoms with Crippen LogP contribution in [0.1, 0.15) is 41.1 Å². The Balaban J connectivity index is 2.20. The van der Waals surface area contributed by atoms with Crippen molar-refractivity contribution in [1.29, 1.82) is 0 Å². The van der Waals surface area contributed by atoms with E-state index in [9.17, 15) is 4.79 Å². The monoisotopic (exact) mass is 318 g/mol. The molecular formula is C15H15BrN2O. The van der Waals surface area contributed by atoms with Crippen molar-refractivity contribution in [3.8, 4) is 5.69 Å². The number of carbonyl (C=O) groups is 1. The Hall–Kier alpha value is -1.42. The van der Waals surface area contributed by atoms with E-state index in [0.717, 1.165) is 16.9 Å². The summed E-state index contributed by atoms with van der Waals surface area (Å²) in [5.41, 5.74) is 2.59. The molecule has 0 bridgehead atoms. The van der Waals surface area contributed by atoms with E-state index in [0.29, 0.717) is 6.42 Å². The number of halogens is 1. The van der Waals surface area contributed by atoms with Crippen LogP contribution in [-0.2, 0) is 0 Å². The minimum absolute atomic E-state index is 0.101. The molecule has 3 nitrogen and oxygen atoms in total. The predicted molar refractivity (Wildman–Crippen MR) is 78.0 cm³/mol. The molecule has 1 aromatic heterocycles. The number of hydrogen-bond acceptors (Lipinski definition) is 2. The van der Waals surface area contributed by atoms with Crippen LogP contribution in [0.15, 0.2) is 36.5 Å². The molecule has 0 spiro atoms. The number of alkyl halides is 1. The van der Waals surface area contributed by atoms with Crippen molar-refractivity contribution in [3.63, 3.8) is 0 Å². The zero-order valence-electron chi connectivity index (χ0n) is 10.9. The van der Waals surface area contributed by atoms with E-state index >= 15 is 0 Å². The highest BCUT2D eigenvalue weighted by Gasteiger charge is 2.41. The topological polar surface area (TPSA) is 34.9 Å². The van der Waals surface area contributed by atoms with Crippen LogP contribution in [0.3, 0.4) is 0 Å². The van der Waals surface area contributed by atoms with Crippen molar-refractivity contribution in [2.24, 2.45) is 5.41 Å². The minimum Gasteiger partial charge on any atom is -0.294 e. The molecule has 1 atom stereocenters. The van der Waals surface area contributed by atoms with E-state index in [-0.39, 0.29) is 16.0 Å². The fraction of sp³-hybridized carbons (Fsp3) is 0.333. The van der Waals surface area contributed by atoms with Crippen LogP contribution >= 0.6 is 15.9 Å². The van der Waals surface area contributed by atoms with E-state index in [2.05, 4.69) is 34.9 Å². The van der Waals surface area contributed by atoms with Gasteiger partial charge in [-0.2, -0.15) is 5.10 Å². The van der Waals surface area contributed by atoms with Crippen LogP contribution in [0.5, 0.6) is 0 Å². The summed E-state index contributed by atoms with van der Waals surface area (Å²) in [6, 6.07) is 9.92. The molecule has 19 heavy (non-hydrogen) atoms. The summed E-state index contributed by atoms with van der Waals surface area (Å²) in [5.74, 6) is 0.179. The maximum absolute atomic E-state index is 12.2. The molecule has 0 aliphatic heterocycles. The van der Waals surface area contributed by atoms with Crippen LogP contribution in [0.4, 0.5) is 0 Å². The van der Waals surface area contributed by atoms with Crippen molar-refractivity contribution < 1.29 is 4.79 Å². The Kier molecular flexibility index (Phi) is 2.86. The van der Waals surface area contributed by atoms with Crippen LogP contribution in [0.25, 0.3) is 5.69 Å². The first kappa shape index (κ1) is 12.6. The molecule has 0 N–H and O–H groups in total. The fourth-order valence-electron chi connectivity index (χ4n) is 2.56. The van der Waals surface area contributed by atoms with Gasteiger partial charge in [-0.3, -0.25) is 4.79 Å². The van der Waals surface area contributed by atoms with E-state index in [1.54, 1.807) is 6.20 Å². The number of aromatic nitrogens is 2. The molecule has 0 radical (unpaired) electrons. The molecule has 1 unspecified atom stereocenters. The molecule has 1 aliphatic carbocycles. The number of nitrogens with zero attached hydrogens (tertiary/aromatic N) is 2. The molecule has 1 aromatic carbocycles. The number of rotatable bonds is 1. The van der Waals surface area contributed by atoms with E-state index in [4.69, 9.17) is 0 Å². The Labute approximate surface area is 120 Å². The van der Waals surface area contributed by atoms with Crippen LogP contribution in [0, 0.1) is 5.41 Å². The van der Waals surface area contributed by atoms with Crippen LogP contribution < -0.4 is 0 Å². The second kappa shape index (κ2) is 4.30. The van der Waals surface area contributed by atoms with Gasteiger partial charge in [0.05, 0.1) is 28.0 Å². The lowest BCUT2D eigenvalue weighted by molar-refractivity contribution is 0.0910. The summed E-state index contributed by atoms with van der Waals surface area (Å²) >= 11 is 3.75. The number of hydrogen-bond donors (Lipinski definition) is 0. The summed E-state index contributed by atoms with van der Waals surface area (Å²) in [7, 11) is 0. The lowest BCUT2D eigenvalue weighted by atomic mass is 9.76. The summed E-state index contributed by atoms with van der Waals surface area (Å²) in [4.78, 5) is 12.3. The molecule has 2 aromatic rings. The van der Waals surface area contributed by atoms with Crippen molar-refractivity contribution in [1.82, 2.24) is 9.78 Å². The van der Waals surface area contributed by atoms with Crippen molar-refractivity contribution in [2.45, 2.75) is 25.1 Å². The first-order valence-electron chi connectivity index (χ1n) is 6.31. The number of para-hydroxylation sites is 1. The van der Waals surface area contributed by atoms with Gasteiger partial charge in [0.15, 0.2) is 5.78 Å². The molecule has 4 heteroatoms. The second-order valence-electron chi connectivity index (χ2n) is 5.64. The SMILES string of the molecule is CC1(C)CC(=O)c2cnn(-c3ccccc3)c2C1Br. The number of ketones is 1. The van der Waals surface area contributed by atoms with Crippen LogP contribution in [-0.4, -0.2) is 15.6 Å². The molecule has 98 valence electrons. The van der Waals surface area contributed by atoms with Crippen molar-refractivity contribution in [3.05, 3.63) is 47.8 Å². The van der Waals surface area contributed by atoms with E-state index in [1.165, 1.54) is 0 Å². The third kappa shape index (κ3) is 1.94. The first-order chi connectivity index (χ1) is 9.00. The molecule has 1 heterocycles. The smallest absolute Gasteiger partial charge is 0.166 e. The zero-order chi connectivity index (χ0) is 13.6. The van der Waals surface area contributed by atoms with Crippen molar-refractivity contribution in [2.75, 3.05) is 0 Å². The zero-order valence-corrected chi connectivity index (χ0v) is 12.5. The Bertz CT molecular complexity index is 631. The summed E-state index contributed by atoms with van der Waals surface area (Å²) in [6.45, 7) is 4.21. The third-order valence-corrected chi connectivity index (χ3v) is 5.32. The van der Waals surface area contributed by atoms with Gasteiger partial charge >= 0.3 is 0 Å². The molecule has 0 fully saturated rings. The highest BCUT2D eigenvalue weighted by atomic mass is 79.9. The minimum atomic E-state index is -0.101. The summed E-state index contributed by atoms with van der Waals surface area (Å²) < 4.78 is 1.87. The summed E-state index contributed by atoms with van der Waals surface area (Å²) in [5, 5.41) is 4.40. The quantitative estimate of drug-likeness (QED) is 0.747. The standard InChI is InChI=1S/C15H15BrN2O/c1-15(2)8-12(19)11-9-17-18(13(11)14(15)16)10-6-4-3-5-7-10/h3-7,9,14H,8H2,1-2H3. The highest BCUT2D eigenvalue weighted by Crippen LogP contribution is 2.48. The van der Waals surface area contributed by atoms with Gasteiger partial charge in [0, 0.05) is 6.42 Å². The maximum Gasteiger partial charge on any atom is 0.166 e. The highest BCUT2D eigenvalue weighted by molar-refractivity contribution is 9.09. The van der Waals surface area contributed by atoms with Gasteiger partial charge in [-0.25, -0.2) is 4.68 Å². The predicted octanol–water partition coefficient (Wildman–Crippen LogP) is 3.92. The molecule has 0 amide bonds. The Morgan fingerprint density at radius 2 is 2.00 bits per heavy atom. The average Bonchev–Trinajstić information content (AvgIpc) is 2.82. The lowest BCUT2D eigenvalue weighted by Gasteiger charge is -2.34. The Morgan fingerprint density at radius 3 is 2.68 bits per heavy atom. The number of carbonyl (C=O) groups excluding carboxylic acids is 1. The number of benzene rings is 1. The third-order valence-electron chi connectivity index (χ3n) is 3.65. The Morgan fingerprint density at radius 1 is 1.32 bits per heavy atom. The molecular weight excluding hydrogens is 304 g/mol. The van der Waals surface area contributed by atoms with Gasteiger partial charge in [0.2, 0.25) is 0 Å². The van der Waals surface area contributed by atoms with E-state index < -0.39 is 0 Å². The first-order valence-corrected chi connectivity index (χ1v) is 7.23. The van der Waals surface area contributed by atoms with Gasteiger partial charge in [-0.15, -0.1) is 0 Å². The van der Waals surface area contributed by atoms with Gasteiger partial charge < -0.3 is 0 Å².